The van der Waals surface area contributed by atoms with Gasteiger partial charge in [-0.15, -0.1) is 0 Å². The number of methoxy groups -OCH3 is 1. The highest BCUT2D eigenvalue weighted by molar-refractivity contribution is 5.74. The summed E-state index contributed by atoms with van der Waals surface area (Å²) < 4.78 is 10.6. The fraction of sp³-hybridized carbons (Fsp3) is 0.444. The maximum atomic E-state index is 12.5. The molecule has 128 valence electrons. The molecule has 1 aliphatic carbocycles. The van der Waals surface area contributed by atoms with E-state index in [0.717, 1.165) is 41.2 Å². The van der Waals surface area contributed by atoms with E-state index in [1.807, 2.05) is 26.0 Å². The third kappa shape index (κ3) is 2.96. The third-order valence-corrected chi connectivity index (χ3v) is 4.67. The summed E-state index contributed by atoms with van der Waals surface area (Å²) in [6.07, 6.45) is 1.80. The average Bonchev–Trinajstić information content (AvgIpc) is 3.12. The smallest absolute Gasteiger partial charge is 0.317 e. The Hall–Kier alpha value is -2.50. The maximum absolute atomic E-state index is 12.5. The quantitative estimate of drug-likeness (QED) is 0.936. The van der Waals surface area contributed by atoms with Crippen molar-refractivity contribution in [3.8, 4) is 5.75 Å². The minimum absolute atomic E-state index is 0.0229. The zero-order chi connectivity index (χ0) is 17.3. The van der Waals surface area contributed by atoms with Gasteiger partial charge < -0.3 is 19.5 Å². The van der Waals surface area contributed by atoms with E-state index in [1.54, 1.807) is 19.1 Å². The third-order valence-electron chi connectivity index (χ3n) is 4.67. The highest BCUT2D eigenvalue weighted by atomic mass is 16.5. The summed E-state index contributed by atoms with van der Waals surface area (Å²) in [5, 5.41) is 7.05. The Balaban J connectivity index is 1.68. The molecule has 3 rings (SSSR count). The van der Waals surface area contributed by atoms with Gasteiger partial charge in [0.15, 0.2) is 0 Å². The van der Waals surface area contributed by atoms with Crippen LogP contribution in [0.5, 0.6) is 5.75 Å². The molecule has 2 aromatic rings. The summed E-state index contributed by atoms with van der Waals surface area (Å²) in [7, 11) is 3.46. The summed E-state index contributed by atoms with van der Waals surface area (Å²) in [6, 6.07) is 5.91. The number of hydrogen-bond acceptors (Lipinski definition) is 4. The maximum Gasteiger partial charge on any atom is 0.317 e. The zero-order valence-corrected chi connectivity index (χ0v) is 14.5. The van der Waals surface area contributed by atoms with Gasteiger partial charge in [-0.2, -0.15) is 0 Å². The van der Waals surface area contributed by atoms with Gasteiger partial charge in [0.1, 0.15) is 11.5 Å². The van der Waals surface area contributed by atoms with Gasteiger partial charge >= 0.3 is 6.03 Å². The van der Waals surface area contributed by atoms with Crippen molar-refractivity contribution in [1.82, 2.24) is 15.4 Å². The summed E-state index contributed by atoms with van der Waals surface area (Å²) >= 11 is 0. The van der Waals surface area contributed by atoms with Crippen molar-refractivity contribution in [1.29, 1.82) is 0 Å². The van der Waals surface area contributed by atoms with Crippen molar-refractivity contribution in [2.45, 2.75) is 39.3 Å². The highest BCUT2D eigenvalue weighted by Gasteiger charge is 2.27. The number of nitrogens with one attached hydrogen (secondary N) is 1. The number of rotatable bonds is 4. The molecule has 2 amide bonds. The minimum Gasteiger partial charge on any atom is -0.496 e. The average molecular weight is 329 g/mol. The first kappa shape index (κ1) is 16.4. The molecule has 24 heavy (non-hydrogen) atoms. The second kappa shape index (κ2) is 6.55. The fourth-order valence-corrected chi connectivity index (χ4v) is 3.26. The number of ether oxygens (including phenoxy) is 1. The Labute approximate surface area is 141 Å². The van der Waals surface area contributed by atoms with Gasteiger partial charge in [-0.3, -0.25) is 0 Å². The lowest BCUT2D eigenvalue weighted by atomic mass is 10.1. The van der Waals surface area contributed by atoms with E-state index >= 15 is 0 Å². The molecule has 0 aliphatic heterocycles. The number of aryl methyl sites for hydroxylation is 2. The monoisotopic (exact) mass is 329 g/mol. The van der Waals surface area contributed by atoms with Gasteiger partial charge in [0, 0.05) is 12.6 Å². The molecule has 1 aromatic heterocycles. The van der Waals surface area contributed by atoms with Crippen LogP contribution >= 0.6 is 0 Å². The lowest BCUT2D eigenvalue weighted by Crippen LogP contribution is -2.38. The van der Waals surface area contributed by atoms with Crippen LogP contribution in [-0.4, -0.2) is 30.2 Å². The van der Waals surface area contributed by atoms with Crippen molar-refractivity contribution < 1.29 is 14.1 Å². The topological polar surface area (TPSA) is 67.6 Å². The standard InChI is InChI=1S/C18H23N3O3/c1-11-15(12(2)24-20-11)10-21(3)18(22)19-16-9-8-14-13(16)6-5-7-17(14)23-4/h5-7,16H,8-10H2,1-4H3,(H,19,22)/t16-/m1/s1. The summed E-state index contributed by atoms with van der Waals surface area (Å²) in [6.45, 7) is 4.22. The van der Waals surface area contributed by atoms with Gasteiger partial charge in [0.2, 0.25) is 0 Å². The molecular formula is C18H23N3O3. The Morgan fingerprint density at radius 1 is 1.46 bits per heavy atom. The number of urea groups is 1. The predicted octanol–water partition coefficient (Wildman–Crippen LogP) is 3.13. The normalized spacial score (nSPS) is 15.9. The van der Waals surface area contributed by atoms with Crippen LogP contribution in [0.1, 0.15) is 40.6 Å². The fourth-order valence-electron chi connectivity index (χ4n) is 3.26. The van der Waals surface area contributed by atoms with E-state index in [2.05, 4.69) is 16.5 Å². The van der Waals surface area contributed by atoms with Crippen LogP contribution in [0.15, 0.2) is 22.7 Å². The van der Waals surface area contributed by atoms with Crippen molar-refractivity contribution in [3.05, 3.63) is 46.3 Å². The van der Waals surface area contributed by atoms with Crippen LogP contribution in [-0.2, 0) is 13.0 Å². The van der Waals surface area contributed by atoms with Crippen LogP contribution in [0.4, 0.5) is 4.79 Å². The number of benzene rings is 1. The summed E-state index contributed by atoms with van der Waals surface area (Å²) in [5.41, 5.74) is 4.12. The van der Waals surface area contributed by atoms with E-state index < -0.39 is 0 Å². The van der Waals surface area contributed by atoms with E-state index in [1.165, 1.54) is 5.56 Å². The number of fused-ring (bicyclic) bond motifs is 1. The Morgan fingerprint density at radius 3 is 2.92 bits per heavy atom. The first-order valence-electron chi connectivity index (χ1n) is 8.10. The van der Waals surface area contributed by atoms with Crippen molar-refractivity contribution >= 4 is 6.03 Å². The molecule has 0 fully saturated rings. The lowest BCUT2D eigenvalue weighted by Gasteiger charge is -2.21. The first-order chi connectivity index (χ1) is 11.5. The van der Waals surface area contributed by atoms with Gasteiger partial charge in [0.05, 0.1) is 25.4 Å². The molecule has 0 spiro atoms. The number of nitrogens with zero attached hydrogens (tertiary/aromatic N) is 2. The molecule has 1 aliphatic rings. The van der Waals surface area contributed by atoms with Gasteiger partial charge in [-0.25, -0.2) is 4.79 Å². The first-order valence-corrected chi connectivity index (χ1v) is 8.10. The predicted molar refractivity (Wildman–Crippen MR) is 90.0 cm³/mol. The lowest BCUT2D eigenvalue weighted by molar-refractivity contribution is 0.202. The molecule has 0 saturated heterocycles. The van der Waals surface area contributed by atoms with E-state index in [4.69, 9.17) is 9.26 Å². The summed E-state index contributed by atoms with van der Waals surface area (Å²) in [5.74, 6) is 1.65. The van der Waals surface area contributed by atoms with Crippen molar-refractivity contribution in [2.24, 2.45) is 0 Å². The zero-order valence-electron chi connectivity index (χ0n) is 14.5. The Morgan fingerprint density at radius 2 is 2.25 bits per heavy atom. The van der Waals surface area contributed by atoms with Crippen LogP contribution in [0.25, 0.3) is 0 Å². The molecule has 0 radical (unpaired) electrons. The minimum atomic E-state index is -0.101. The van der Waals surface area contributed by atoms with Crippen molar-refractivity contribution in [3.63, 3.8) is 0 Å². The molecule has 1 atom stereocenters. The molecule has 6 nitrogen and oxygen atoms in total. The summed E-state index contributed by atoms with van der Waals surface area (Å²) in [4.78, 5) is 14.2. The van der Waals surface area contributed by atoms with Gasteiger partial charge in [-0.05, 0) is 43.9 Å². The van der Waals surface area contributed by atoms with E-state index in [9.17, 15) is 4.79 Å². The number of amides is 2. The molecule has 1 aromatic carbocycles. The van der Waals surface area contributed by atoms with E-state index in [-0.39, 0.29) is 12.1 Å². The second-order valence-electron chi connectivity index (χ2n) is 6.23. The number of carbonyl (C=O) groups excluding carboxylic acids is 1. The van der Waals surface area contributed by atoms with Crippen LogP contribution in [0, 0.1) is 13.8 Å². The highest BCUT2D eigenvalue weighted by Crippen LogP contribution is 2.36. The van der Waals surface area contributed by atoms with Crippen molar-refractivity contribution in [2.75, 3.05) is 14.2 Å². The van der Waals surface area contributed by atoms with Crippen LogP contribution in [0.2, 0.25) is 0 Å². The van der Waals surface area contributed by atoms with Crippen LogP contribution < -0.4 is 10.1 Å². The second-order valence-corrected chi connectivity index (χ2v) is 6.23. The van der Waals surface area contributed by atoms with Crippen LogP contribution in [0.3, 0.4) is 0 Å². The Kier molecular flexibility index (Phi) is 4.46. The molecule has 0 unspecified atom stereocenters. The number of carbonyl (C=O) groups is 1. The number of aromatic nitrogens is 1. The molecular weight excluding hydrogens is 306 g/mol. The Bertz CT molecular complexity index is 734. The van der Waals surface area contributed by atoms with Gasteiger partial charge in [-0.1, -0.05) is 17.3 Å². The SMILES string of the molecule is COc1cccc2c1CC[C@H]2NC(=O)N(C)Cc1c(C)noc1C. The molecule has 0 bridgehead atoms. The largest absolute Gasteiger partial charge is 0.496 e. The van der Waals surface area contributed by atoms with Gasteiger partial charge in [0.25, 0.3) is 0 Å². The molecule has 1 heterocycles. The molecule has 1 N–H and O–H groups in total. The number of hydrogen-bond donors (Lipinski definition) is 1. The molecule has 6 heteroatoms. The molecule has 0 saturated carbocycles. The van der Waals surface area contributed by atoms with E-state index in [0.29, 0.717) is 6.54 Å².